The van der Waals surface area contributed by atoms with E-state index in [-0.39, 0.29) is 62.3 Å². The quantitative estimate of drug-likeness (QED) is 0.231. The monoisotopic (exact) mass is 786 g/mol. The summed E-state index contributed by atoms with van der Waals surface area (Å²) < 4.78 is 29.6. The lowest BCUT2D eigenvalue weighted by Crippen LogP contribution is -2.44. The van der Waals surface area contributed by atoms with E-state index >= 15 is 0 Å². The predicted octanol–water partition coefficient (Wildman–Crippen LogP) is 2.79. The molecule has 2 bridgehead atoms. The summed E-state index contributed by atoms with van der Waals surface area (Å²) in [6.07, 6.45) is 10.7. The Morgan fingerprint density at radius 3 is 2.86 bits per heavy atom. The van der Waals surface area contributed by atoms with Crippen molar-refractivity contribution in [3.8, 4) is 11.4 Å². The van der Waals surface area contributed by atoms with Gasteiger partial charge in [-0.25, -0.2) is 23.7 Å². The summed E-state index contributed by atoms with van der Waals surface area (Å²) in [6.45, 7) is 6.36. The van der Waals surface area contributed by atoms with E-state index in [1.165, 1.54) is 17.1 Å². The second kappa shape index (κ2) is 18.7. The van der Waals surface area contributed by atoms with Gasteiger partial charge in [0.1, 0.15) is 36.0 Å². The molecule has 18 heteroatoms. The van der Waals surface area contributed by atoms with Crippen molar-refractivity contribution in [3.05, 3.63) is 84.5 Å². The number of rotatable bonds is 7. The zero-order valence-electron chi connectivity index (χ0n) is 32.0. The van der Waals surface area contributed by atoms with Gasteiger partial charge in [-0.05, 0) is 43.9 Å². The number of aliphatic hydroxyl groups is 1. The molecule has 6 heterocycles. The van der Waals surface area contributed by atoms with Crippen molar-refractivity contribution in [1.82, 2.24) is 50.1 Å². The minimum absolute atomic E-state index is 0.00853. The maximum Gasteiger partial charge on any atom is 0.329 e. The number of carbonyl (C=O) groups excluding carboxylic acids is 4. The molecule has 4 aromatic heterocycles. The van der Waals surface area contributed by atoms with Crippen LogP contribution in [0.15, 0.2) is 77.4 Å². The summed E-state index contributed by atoms with van der Waals surface area (Å²) >= 11 is 0. The lowest BCUT2D eigenvalue weighted by molar-refractivity contribution is -0.159. The molecule has 1 saturated heterocycles. The molecule has 0 spiro atoms. The molecule has 17 nitrogen and oxygen atoms in total. The summed E-state index contributed by atoms with van der Waals surface area (Å²) in [5.74, 6) is -3.03. The van der Waals surface area contributed by atoms with Gasteiger partial charge in [-0.2, -0.15) is 5.10 Å². The van der Waals surface area contributed by atoms with Gasteiger partial charge in [0.15, 0.2) is 17.2 Å². The Labute approximate surface area is 328 Å². The van der Waals surface area contributed by atoms with Gasteiger partial charge in [-0.15, -0.1) is 5.10 Å². The average Bonchev–Trinajstić information content (AvgIpc) is 4.00. The number of fused-ring (bicyclic) bond motifs is 4. The van der Waals surface area contributed by atoms with Crippen LogP contribution >= 0.6 is 0 Å². The summed E-state index contributed by atoms with van der Waals surface area (Å²) in [5.41, 5.74) is 2.48. The number of halogens is 1. The molecule has 4 aromatic rings. The van der Waals surface area contributed by atoms with Crippen LogP contribution in [0.4, 0.5) is 4.39 Å². The van der Waals surface area contributed by atoms with Crippen molar-refractivity contribution in [2.75, 3.05) is 19.6 Å². The van der Waals surface area contributed by atoms with Crippen LogP contribution in [-0.4, -0.2) is 112 Å². The van der Waals surface area contributed by atoms with E-state index in [0.29, 0.717) is 42.0 Å². The standard InChI is InChI=1S/C39H47FN10O7/c1-24(2)37-26(18-35(53)42-14-16-48-22-29(46-47-48)32-21-43-33-9-5-13-44-50(32)33)10-11-34(52)41-12-4-7-25(3)17-28(51)19-27(40)20-36-45-30(23-56-36)38(54)49-15-6-8-31(49)39(55)57-37/h4-5,7,9-11,13,17,21-24,26-28,31,37,51H,6,8,12,14-16,18-20H2,1-3H3,(H,41,52)(H,42,53)/b7-4?,11-10+,25-17?/t26-,27+,28+,31+,37+/m0/s1. The molecule has 302 valence electrons. The molecule has 3 N–H and O–H groups in total. The van der Waals surface area contributed by atoms with Crippen molar-refractivity contribution in [2.24, 2.45) is 11.8 Å². The molecule has 0 unspecified atom stereocenters. The molecule has 2 aliphatic rings. The number of hydrogen-bond donors (Lipinski definition) is 3. The smallest absolute Gasteiger partial charge is 0.329 e. The van der Waals surface area contributed by atoms with Crippen LogP contribution in [0.1, 0.15) is 62.8 Å². The van der Waals surface area contributed by atoms with Gasteiger partial charge in [0.2, 0.25) is 11.8 Å². The maximum absolute atomic E-state index is 14.9. The van der Waals surface area contributed by atoms with E-state index in [4.69, 9.17) is 9.15 Å². The number of oxazole rings is 1. The first-order valence-corrected chi connectivity index (χ1v) is 19.0. The van der Waals surface area contributed by atoms with E-state index in [1.54, 1.807) is 59.0 Å². The van der Waals surface area contributed by atoms with Crippen molar-refractivity contribution >= 4 is 29.3 Å². The van der Waals surface area contributed by atoms with Crippen LogP contribution in [0, 0.1) is 11.8 Å². The fourth-order valence-corrected chi connectivity index (χ4v) is 6.89. The van der Waals surface area contributed by atoms with Gasteiger partial charge in [-0.1, -0.05) is 48.9 Å². The molecule has 1 fully saturated rings. The number of imidazole rings is 1. The van der Waals surface area contributed by atoms with Gasteiger partial charge in [-0.3, -0.25) is 19.1 Å². The highest BCUT2D eigenvalue weighted by atomic mass is 19.1. The predicted molar refractivity (Wildman–Crippen MR) is 203 cm³/mol. The zero-order chi connectivity index (χ0) is 40.5. The van der Waals surface area contributed by atoms with Crippen molar-refractivity contribution in [3.63, 3.8) is 0 Å². The van der Waals surface area contributed by atoms with Crippen LogP contribution < -0.4 is 10.6 Å². The highest BCUT2D eigenvalue weighted by molar-refractivity contribution is 5.95. The number of ether oxygens (including phenoxy) is 1. The van der Waals surface area contributed by atoms with E-state index < -0.39 is 48.1 Å². The number of aromatic nitrogens is 7. The Bertz CT molecular complexity index is 2140. The minimum Gasteiger partial charge on any atom is -0.460 e. The first-order chi connectivity index (χ1) is 27.4. The molecular formula is C39H47FN10O7. The number of alkyl halides is 1. The maximum atomic E-state index is 14.9. The van der Waals surface area contributed by atoms with Crippen LogP contribution in [0.3, 0.4) is 0 Å². The first kappa shape index (κ1) is 40.6. The molecule has 6 rings (SSSR count). The number of allylic oxidation sites excluding steroid dienone is 2. The number of carbonyl (C=O) groups is 4. The highest BCUT2D eigenvalue weighted by Gasteiger charge is 2.39. The minimum atomic E-state index is -1.51. The summed E-state index contributed by atoms with van der Waals surface area (Å²) in [6, 6.07) is 2.68. The highest BCUT2D eigenvalue weighted by Crippen LogP contribution is 2.27. The normalized spacial score (nSPS) is 23.5. The molecule has 5 atom stereocenters. The number of aliphatic hydroxyl groups excluding tert-OH is 1. The zero-order valence-corrected chi connectivity index (χ0v) is 32.0. The molecule has 0 aromatic carbocycles. The van der Waals surface area contributed by atoms with Crippen molar-refractivity contribution in [2.45, 2.75) is 83.8 Å². The second-order valence-corrected chi connectivity index (χ2v) is 14.5. The summed E-state index contributed by atoms with van der Waals surface area (Å²) in [5, 5.41) is 28.8. The Morgan fingerprint density at radius 2 is 2.04 bits per heavy atom. The lowest BCUT2D eigenvalue weighted by Gasteiger charge is -2.30. The largest absolute Gasteiger partial charge is 0.460 e. The molecule has 0 saturated carbocycles. The number of nitrogens with zero attached hydrogens (tertiary/aromatic N) is 8. The van der Waals surface area contributed by atoms with Crippen molar-refractivity contribution < 1.29 is 37.8 Å². The van der Waals surface area contributed by atoms with Crippen LogP contribution in [0.5, 0.6) is 0 Å². The number of esters is 1. The van der Waals surface area contributed by atoms with Crippen LogP contribution in [-0.2, 0) is 32.1 Å². The fraction of sp³-hybridized carbons (Fsp3) is 0.462. The van der Waals surface area contributed by atoms with E-state index in [2.05, 4.69) is 36.0 Å². The van der Waals surface area contributed by atoms with Gasteiger partial charge >= 0.3 is 5.97 Å². The van der Waals surface area contributed by atoms with Crippen molar-refractivity contribution in [1.29, 1.82) is 0 Å². The molecule has 3 amide bonds. The topological polar surface area (TPSA) is 212 Å². The Hall–Kier alpha value is -6.04. The van der Waals surface area contributed by atoms with Gasteiger partial charge in [0.25, 0.3) is 5.91 Å². The van der Waals surface area contributed by atoms with Crippen LogP contribution in [0.25, 0.3) is 17.0 Å². The number of nitrogens with one attached hydrogen (secondary N) is 2. The Balaban J connectivity index is 1.17. The third-order valence-electron chi connectivity index (χ3n) is 9.67. The van der Waals surface area contributed by atoms with Gasteiger partial charge < -0.3 is 29.8 Å². The summed E-state index contributed by atoms with van der Waals surface area (Å²) in [4.78, 5) is 63.6. The molecule has 57 heavy (non-hydrogen) atoms. The van der Waals surface area contributed by atoms with E-state index in [0.717, 1.165) is 6.26 Å². The third kappa shape index (κ3) is 10.6. The third-order valence-corrected chi connectivity index (χ3v) is 9.67. The number of cyclic esters (lactones) is 1. The fourth-order valence-electron chi connectivity index (χ4n) is 6.89. The Kier molecular flexibility index (Phi) is 13.3. The number of hydrogen-bond acceptors (Lipinski definition) is 12. The van der Waals surface area contributed by atoms with E-state index in [1.807, 2.05) is 19.9 Å². The van der Waals surface area contributed by atoms with Crippen LogP contribution in [0.2, 0.25) is 0 Å². The first-order valence-electron chi connectivity index (χ1n) is 19.0. The van der Waals surface area contributed by atoms with Gasteiger partial charge in [0, 0.05) is 44.6 Å². The Morgan fingerprint density at radius 1 is 1.19 bits per heavy atom. The molecule has 0 radical (unpaired) electrons. The summed E-state index contributed by atoms with van der Waals surface area (Å²) in [7, 11) is 0. The lowest BCUT2D eigenvalue weighted by atomic mass is 9.89. The van der Waals surface area contributed by atoms with Gasteiger partial charge in [0.05, 0.1) is 31.5 Å². The molecule has 2 aliphatic heterocycles. The molecule has 0 aliphatic carbocycles. The number of amides is 3. The SMILES string of the molecule is CC1=C[C@@H](O)C[C@@H](F)Cc2nc(co2)C(=O)N2CCC[C@@H]2C(=O)O[C@H](C(C)C)[C@H](CC(=O)NCCn2cc(-c3cnc4cccnn34)nn2)/C=C/C(=O)NCC=C1. The second-order valence-electron chi connectivity index (χ2n) is 14.5. The van der Waals surface area contributed by atoms with E-state index in [9.17, 15) is 28.7 Å². The molecular weight excluding hydrogens is 739 g/mol. The average molecular weight is 787 g/mol.